The fraction of sp³-hybridized carbons (Fsp3) is 0.462. The Morgan fingerprint density at radius 2 is 1.71 bits per heavy atom. The van der Waals surface area contributed by atoms with E-state index in [1.807, 2.05) is 42.5 Å². The fourth-order valence-electron chi connectivity index (χ4n) is 4.04. The third-order valence-corrected chi connectivity index (χ3v) is 6.14. The van der Waals surface area contributed by atoms with E-state index in [0.29, 0.717) is 11.6 Å². The molecule has 0 radical (unpaired) electrons. The molecule has 3 rings (SSSR count). The Balaban J connectivity index is 1.82. The lowest BCUT2D eigenvalue weighted by molar-refractivity contribution is -0.139. The molecule has 1 aromatic carbocycles. The van der Waals surface area contributed by atoms with Gasteiger partial charge in [0.05, 0.1) is 18.3 Å². The molecule has 1 aliphatic rings. The van der Waals surface area contributed by atoms with Crippen LogP contribution < -0.4 is 10.6 Å². The number of urea groups is 1. The lowest BCUT2D eigenvalue weighted by Gasteiger charge is -2.29. The standard InChI is InChI=1S/C26H34FN5O3/c1-16(2)19-11-12-21(28-14-19)23(18-9-7-6-8-10-18)30-24(33)22-13-20(27)15-32(22)25(34)17(3)29-26(35)31(4)5/h6-12,14,16-17,20,22-23H,13,15H2,1-5H3,(H,29,35)(H,30,33)/t17-,20+,22-,23-/m0/s1. The smallest absolute Gasteiger partial charge is 0.317 e. The average Bonchev–Trinajstić information content (AvgIpc) is 3.24. The maximum absolute atomic E-state index is 14.4. The van der Waals surface area contributed by atoms with E-state index in [4.69, 9.17) is 0 Å². The summed E-state index contributed by atoms with van der Waals surface area (Å²) in [6.45, 7) is 5.48. The van der Waals surface area contributed by atoms with Crippen LogP contribution in [0.15, 0.2) is 48.7 Å². The van der Waals surface area contributed by atoms with E-state index < -0.39 is 42.1 Å². The molecular formula is C26H34FN5O3. The Morgan fingerprint density at radius 1 is 1.03 bits per heavy atom. The molecule has 35 heavy (non-hydrogen) atoms. The van der Waals surface area contributed by atoms with E-state index in [2.05, 4.69) is 29.5 Å². The summed E-state index contributed by atoms with van der Waals surface area (Å²) in [7, 11) is 3.11. The summed E-state index contributed by atoms with van der Waals surface area (Å²) in [5.74, 6) is -0.653. The van der Waals surface area contributed by atoms with Crippen LogP contribution in [0.1, 0.15) is 56.0 Å². The number of amides is 4. The molecule has 0 spiro atoms. The molecule has 188 valence electrons. The van der Waals surface area contributed by atoms with E-state index in [1.54, 1.807) is 20.3 Å². The first-order valence-electron chi connectivity index (χ1n) is 11.8. The van der Waals surface area contributed by atoms with Crippen molar-refractivity contribution >= 4 is 17.8 Å². The Morgan fingerprint density at radius 3 is 2.29 bits per heavy atom. The number of carbonyl (C=O) groups is 3. The predicted molar refractivity (Wildman–Crippen MR) is 131 cm³/mol. The zero-order valence-electron chi connectivity index (χ0n) is 20.9. The highest BCUT2D eigenvalue weighted by atomic mass is 19.1. The molecule has 2 heterocycles. The molecule has 0 unspecified atom stereocenters. The third-order valence-electron chi connectivity index (χ3n) is 6.14. The minimum atomic E-state index is -1.33. The van der Waals surface area contributed by atoms with Gasteiger partial charge in [-0.25, -0.2) is 9.18 Å². The van der Waals surface area contributed by atoms with Gasteiger partial charge in [-0.3, -0.25) is 14.6 Å². The number of carbonyl (C=O) groups excluding carboxylic acids is 3. The summed E-state index contributed by atoms with van der Waals surface area (Å²) in [4.78, 5) is 45.5. The number of likely N-dealkylation sites (tertiary alicyclic amines) is 1. The maximum Gasteiger partial charge on any atom is 0.317 e. The molecule has 2 aromatic rings. The average molecular weight is 484 g/mol. The zero-order valence-corrected chi connectivity index (χ0v) is 20.9. The summed E-state index contributed by atoms with van der Waals surface area (Å²) >= 11 is 0. The number of aromatic nitrogens is 1. The highest BCUT2D eigenvalue weighted by Crippen LogP contribution is 2.26. The number of halogens is 1. The van der Waals surface area contributed by atoms with Crippen LogP contribution in [0.5, 0.6) is 0 Å². The zero-order chi connectivity index (χ0) is 25.7. The maximum atomic E-state index is 14.4. The first kappa shape index (κ1) is 26.1. The Hall–Kier alpha value is -3.49. The van der Waals surface area contributed by atoms with Gasteiger partial charge in [-0.2, -0.15) is 0 Å². The van der Waals surface area contributed by atoms with Crippen molar-refractivity contribution in [1.82, 2.24) is 25.4 Å². The van der Waals surface area contributed by atoms with Crippen LogP contribution in [0.4, 0.5) is 9.18 Å². The number of rotatable bonds is 7. The molecule has 1 fully saturated rings. The van der Waals surface area contributed by atoms with Crippen molar-refractivity contribution in [3.05, 3.63) is 65.5 Å². The molecule has 4 atom stereocenters. The monoisotopic (exact) mass is 483 g/mol. The number of nitrogens with zero attached hydrogens (tertiary/aromatic N) is 3. The van der Waals surface area contributed by atoms with E-state index >= 15 is 0 Å². The van der Waals surface area contributed by atoms with Crippen LogP contribution in [-0.2, 0) is 9.59 Å². The summed E-state index contributed by atoms with van der Waals surface area (Å²) in [6, 6.07) is 10.4. The van der Waals surface area contributed by atoms with Crippen molar-refractivity contribution in [3.63, 3.8) is 0 Å². The van der Waals surface area contributed by atoms with Crippen molar-refractivity contribution in [2.75, 3.05) is 20.6 Å². The van der Waals surface area contributed by atoms with Crippen LogP contribution in [0, 0.1) is 0 Å². The van der Waals surface area contributed by atoms with Crippen LogP contribution in [-0.4, -0.2) is 71.5 Å². The molecule has 8 nitrogen and oxygen atoms in total. The lowest BCUT2D eigenvalue weighted by atomic mass is 10.00. The predicted octanol–water partition coefficient (Wildman–Crippen LogP) is 3.01. The van der Waals surface area contributed by atoms with Gasteiger partial charge in [0.25, 0.3) is 0 Å². The summed E-state index contributed by atoms with van der Waals surface area (Å²) < 4.78 is 14.4. The number of hydrogen-bond donors (Lipinski definition) is 2. The topological polar surface area (TPSA) is 94.6 Å². The summed E-state index contributed by atoms with van der Waals surface area (Å²) in [5.41, 5.74) is 2.55. The van der Waals surface area contributed by atoms with Gasteiger partial charge in [-0.1, -0.05) is 50.2 Å². The molecule has 4 amide bonds. The van der Waals surface area contributed by atoms with Crippen LogP contribution in [0.3, 0.4) is 0 Å². The lowest BCUT2D eigenvalue weighted by Crippen LogP contribution is -2.54. The van der Waals surface area contributed by atoms with Crippen molar-refractivity contribution in [3.8, 4) is 0 Å². The SMILES string of the molecule is CC(C)c1ccc([C@@H](NC(=O)[C@@H]2C[C@@H](F)CN2C(=O)[C@H](C)NC(=O)N(C)C)c2ccccc2)nc1. The quantitative estimate of drug-likeness (QED) is 0.633. The number of nitrogens with one attached hydrogen (secondary N) is 2. The molecule has 1 aliphatic heterocycles. The van der Waals surface area contributed by atoms with Crippen molar-refractivity contribution in [2.24, 2.45) is 0 Å². The van der Waals surface area contributed by atoms with Gasteiger partial charge in [0, 0.05) is 26.7 Å². The minimum absolute atomic E-state index is 0.104. The molecule has 1 saturated heterocycles. The van der Waals surface area contributed by atoms with Gasteiger partial charge in [0.2, 0.25) is 11.8 Å². The molecular weight excluding hydrogens is 449 g/mol. The normalized spacial score (nSPS) is 19.2. The summed E-state index contributed by atoms with van der Waals surface area (Å²) in [6.07, 6.45) is 0.359. The molecule has 1 aromatic heterocycles. The van der Waals surface area contributed by atoms with Crippen molar-refractivity contribution in [1.29, 1.82) is 0 Å². The number of benzene rings is 1. The second-order valence-electron chi connectivity index (χ2n) is 9.43. The number of hydrogen-bond acceptors (Lipinski definition) is 4. The van der Waals surface area contributed by atoms with Gasteiger partial charge in [-0.05, 0) is 30.0 Å². The number of alkyl halides is 1. The molecule has 9 heteroatoms. The van der Waals surface area contributed by atoms with Gasteiger partial charge >= 0.3 is 6.03 Å². The van der Waals surface area contributed by atoms with Crippen LogP contribution in [0.25, 0.3) is 0 Å². The minimum Gasteiger partial charge on any atom is -0.342 e. The molecule has 2 N–H and O–H groups in total. The van der Waals surface area contributed by atoms with E-state index in [-0.39, 0.29) is 13.0 Å². The van der Waals surface area contributed by atoms with Gasteiger partial charge in [-0.15, -0.1) is 0 Å². The first-order valence-corrected chi connectivity index (χ1v) is 11.8. The highest BCUT2D eigenvalue weighted by molar-refractivity contribution is 5.92. The second kappa shape index (κ2) is 11.3. The first-order chi connectivity index (χ1) is 16.6. The molecule has 0 bridgehead atoms. The molecule has 0 aliphatic carbocycles. The van der Waals surface area contributed by atoms with Crippen molar-refractivity contribution < 1.29 is 18.8 Å². The van der Waals surface area contributed by atoms with Crippen LogP contribution in [0.2, 0.25) is 0 Å². The van der Waals surface area contributed by atoms with Crippen molar-refractivity contribution in [2.45, 2.75) is 57.4 Å². The Labute approximate surface area is 205 Å². The Bertz CT molecular complexity index is 1030. The third kappa shape index (κ3) is 6.35. The van der Waals surface area contributed by atoms with E-state index in [9.17, 15) is 18.8 Å². The highest BCUT2D eigenvalue weighted by Gasteiger charge is 2.42. The fourth-order valence-corrected chi connectivity index (χ4v) is 4.04. The summed E-state index contributed by atoms with van der Waals surface area (Å²) in [5, 5.41) is 5.55. The van der Waals surface area contributed by atoms with Gasteiger partial charge in [0.15, 0.2) is 0 Å². The van der Waals surface area contributed by atoms with Gasteiger partial charge in [0.1, 0.15) is 18.3 Å². The van der Waals surface area contributed by atoms with Gasteiger partial charge < -0.3 is 20.4 Å². The van der Waals surface area contributed by atoms with Crippen LogP contribution >= 0.6 is 0 Å². The Kier molecular flexibility index (Phi) is 8.43. The number of pyridine rings is 1. The van der Waals surface area contributed by atoms with E-state index in [1.165, 1.54) is 16.7 Å². The van der Waals surface area contributed by atoms with E-state index in [0.717, 1.165) is 11.1 Å². The second-order valence-corrected chi connectivity index (χ2v) is 9.43. The molecule has 0 saturated carbocycles. The largest absolute Gasteiger partial charge is 0.342 e.